The third-order valence-electron chi connectivity index (χ3n) is 8.77. The van der Waals surface area contributed by atoms with E-state index in [1.165, 1.54) is 11.1 Å². The topological polar surface area (TPSA) is 90.3 Å². The van der Waals surface area contributed by atoms with Crippen LogP contribution in [0.3, 0.4) is 0 Å². The molecule has 1 aliphatic heterocycles. The normalized spacial score (nSPS) is 34.5. The molecule has 0 spiro atoms. The van der Waals surface area contributed by atoms with E-state index in [1.807, 2.05) is 13.8 Å². The zero-order chi connectivity index (χ0) is 26.3. The quantitative estimate of drug-likeness (QED) is 0.123. The summed E-state index contributed by atoms with van der Waals surface area (Å²) in [6.45, 7) is 12.2. The summed E-state index contributed by atoms with van der Waals surface area (Å²) >= 11 is 0. The highest BCUT2D eigenvalue weighted by Crippen LogP contribution is 2.55. The first-order valence-electron chi connectivity index (χ1n) is 13.5. The zero-order valence-corrected chi connectivity index (χ0v) is 23.0. The lowest BCUT2D eigenvalue weighted by Crippen LogP contribution is -2.56. The van der Waals surface area contributed by atoms with Gasteiger partial charge in [0.1, 0.15) is 6.29 Å². The molecule has 1 heterocycles. The standard InChI is InChI=1S/C30H50O5/c1-22(2)10-7-16-28(5)27(35-28)14-13-23(3)11-8-17-30(21-33)26(12-9-19-31)25(24(4)20-32)15-18-29(30,6)34/h10-11,20,26-27,31,33-34H,7-9,12-19,21H2,1-6H3/b23-11+,25-24-/t26-,27?,28?,29+,30-/m1/s1. The van der Waals surface area contributed by atoms with Crippen molar-refractivity contribution in [3.8, 4) is 0 Å². The van der Waals surface area contributed by atoms with Crippen LogP contribution in [0, 0.1) is 11.3 Å². The van der Waals surface area contributed by atoms with Gasteiger partial charge in [0.15, 0.2) is 0 Å². The Kier molecular flexibility index (Phi) is 11.0. The number of aliphatic hydroxyl groups is 3. The molecule has 1 saturated carbocycles. The molecule has 1 aliphatic carbocycles. The van der Waals surface area contributed by atoms with Gasteiger partial charge in [0, 0.05) is 12.0 Å². The van der Waals surface area contributed by atoms with Crippen LogP contribution in [0.4, 0.5) is 0 Å². The number of hydrogen-bond acceptors (Lipinski definition) is 5. The molecule has 200 valence electrons. The molecule has 0 aromatic rings. The van der Waals surface area contributed by atoms with Crippen LogP contribution < -0.4 is 0 Å². The second-order valence-corrected chi connectivity index (χ2v) is 11.7. The number of carbonyl (C=O) groups is 1. The minimum Gasteiger partial charge on any atom is -0.396 e. The highest BCUT2D eigenvalue weighted by atomic mass is 16.6. The first kappa shape index (κ1) is 30.0. The van der Waals surface area contributed by atoms with E-state index in [2.05, 4.69) is 39.8 Å². The molecule has 0 radical (unpaired) electrons. The highest BCUT2D eigenvalue weighted by Gasteiger charge is 2.55. The Bertz CT molecular complexity index is 804. The minimum atomic E-state index is -1.04. The molecule has 5 atom stereocenters. The molecule has 5 nitrogen and oxygen atoms in total. The first-order chi connectivity index (χ1) is 16.5. The van der Waals surface area contributed by atoms with Crippen LogP contribution in [0.25, 0.3) is 0 Å². The van der Waals surface area contributed by atoms with Gasteiger partial charge in [-0.05, 0) is 117 Å². The summed E-state index contributed by atoms with van der Waals surface area (Å²) in [6.07, 6.45) is 13.7. The Balaban J connectivity index is 2.05. The van der Waals surface area contributed by atoms with E-state index in [-0.39, 0.29) is 24.7 Å². The van der Waals surface area contributed by atoms with Crippen LogP contribution >= 0.6 is 0 Å². The molecule has 0 aromatic heterocycles. The number of aldehydes is 1. The van der Waals surface area contributed by atoms with Crippen molar-refractivity contribution in [1.82, 2.24) is 0 Å². The molecule has 3 N–H and O–H groups in total. The van der Waals surface area contributed by atoms with Gasteiger partial charge in [0.25, 0.3) is 0 Å². The van der Waals surface area contributed by atoms with E-state index in [0.29, 0.717) is 43.8 Å². The number of aliphatic hydroxyl groups excluding tert-OH is 2. The van der Waals surface area contributed by atoms with Crippen LogP contribution in [0.15, 0.2) is 34.4 Å². The molecular weight excluding hydrogens is 440 g/mol. The molecule has 0 amide bonds. The summed E-state index contributed by atoms with van der Waals surface area (Å²) < 4.78 is 6.02. The van der Waals surface area contributed by atoms with Crippen LogP contribution in [0.2, 0.25) is 0 Å². The maximum Gasteiger partial charge on any atom is 0.145 e. The fourth-order valence-electron chi connectivity index (χ4n) is 6.17. The van der Waals surface area contributed by atoms with Crippen molar-refractivity contribution < 1.29 is 24.9 Å². The average Bonchev–Trinajstić information content (AvgIpc) is 3.45. The van der Waals surface area contributed by atoms with Gasteiger partial charge in [-0.1, -0.05) is 28.9 Å². The number of epoxide rings is 1. The maximum absolute atomic E-state index is 11.6. The fraction of sp³-hybridized carbons (Fsp3) is 0.767. The number of ether oxygens (including phenoxy) is 1. The largest absolute Gasteiger partial charge is 0.396 e. The van der Waals surface area contributed by atoms with E-state index < -0.39 is 11.0 Å². The fourth-order valence-corrected chi connectivity index (χ4v) is 6.17. The van der Waals surface area contributed by atoms with Gasteiger partial charge in [-0.25, -0.2) is 0 Å². The van der Waals surface area contributed by atoms with Gasteiger partial charge < -0.3 is 20.1 Å². The second-order valence-electron chi connectivity index (χ2n) is 11.7. The smallest absolute Gasteiger partial charge is 0.145 e. The number of hydrogen-bond donors (Lipinski definition) is 3. The second kappa shape index (κ2) is 12.8. The van der Waals surface area contributed by atoms with Crippen molar-refractivity contribution >= 4 is 6.29 Å². The SMILES string of the molecule is CC(C)=CCCC1(C)OC1CC/C(C)=C/CC[C@@]1(CO)[C@H](CCCO)/C(=C(/C)C=O)CC[C@]1(C)O. The van der Waals surface area contributed by atoms with Crippen molar-refractivity contribution in [2.45, 2.75) is 123 Å². The third kappa shape index (κ3) is 7.38. The molecule has 35 heavy (non-hydrogen) atoms. The molecule has 2 aliphatic rings. The Morgan fingerprint density at radius 2 is 1.74 bits per heavy atom. The highest BCUT2D eigenvalue weighted by molar-refractivity contribution is 5.74. The average molecular weight is 491 g/mol. The zero-order valence-electron chi connectivity index (χ0n) is 23.0. The lowest BCUT2D eigenvalue weighted by molar-refractivity contribution is -0.146. The van der Waals surface area contributed by atoms with Gasteiger partial charge in [0.2, 0.25) is 0 Å². The van der Waals surface area contributed by atoms with Gasteiger partial charge >= 0.3 is 0 Å². The van der Waals surface area contributed by atoms with E-state index in [0.717, 1.165) is 44.0 Å². The van der Waals surface area contributed by atoms with E-state index >= 15 is 0 Å². The summed E-state index contributed by atoms with van der Waals surface area (Å²) in [6, 6.07) is 0. The predicted molar refractivity (Wildman–Crippen MR) is 142 cm³/mol. The molecule has 0 aromatic carbocycles. The van der Waals surface area contributed by atoms with Crippen LogP contribution in [0.5, 0.6) is 0 Å². The lowest BCUT2D eigenvalue weighted by atomic mass is 9.53. The molecule has 2 fully saturated rings. The van der Waals surface area contributed by atoms with Crippen molar-refractivity contribution in [3.63, 3.8) is 0 Å². The predicted octanol–water partition coefficient (Wildman–Crippen LogP) is 5.82. The molecule has 0 bridgehead atoms. The van der Waals surface area contributed by atoms with Crippen molar-refractivity contribution in [1.29, 1.82) is 0 Å². The molecule has 2 rings (SSSR count). The summed E-state index contributed by atoms with van der Waals surface area (Å²) in [4.78, 5) is 11.6. The summed E-state index contributed by atoms with van der Waals surface area (Å²) in [5.74, 6) is -0.122. The summed E-state index contributed by atoms with van der Waals surface area (Å²) in [5, 5.41) is 31.6. The van der Waals surface area contributed by atoms with E-state index in [4.69, 9.17) is 4.74 Å². The van der Waals surface area contributed by atoms with Gasteiger partial charge in [-0.3, -0.25) is 4.79 Å². The van der Waals surface area contributed by atoms with Gasteiger partial charge in [-0.2, -0.15) is 0 Å². The third-order valence-corrected chi connectivity index (χ3v) is 8.77. The van der Waals surface area contributed by atoms with Crippen LogP contribution in [-0.4, -0.2) is 52.1 Å². The lowest BCUT2D eigenvalue weighted by Gasteiger charge is -2.54. The Morgan fingerprint density at radius 3 is 2.34 bits per heavy atom. The van der Waals surface area contributed by atoms with Crippen molar-refractivity contribution in [2.75, 3.05) is 13.2 Å². The van der Waals surface area contributed by atoms with Gasteiger partial charge in [-0.15, -0.1) is 0 Å². The maximum atomic E-state index is 11.6. The Morgan fingerprint density at radius 1 is 1.06 bits per heavy atom. The Hall–Kier alpha value is -1.27. The number of rotatable bonds is 14. The van der Waals surface area contributed by atoms with Crippen molar-refractivity contribution in [2.24, 2.45) is 11.3 Å². The number of allylic oxidation sites excluding steroid dienone is 6. The molecule has 5 heteroatoms. The van der Waals surface area contributed by atoms with E-state index in [9.17, 15) is 20.1 Å². The van der Waals surface area contributed by atoms with Crippen LogP contribution in [-0.2, 0) is 9.53 Å². The van der Waals surface area contributed by atoms with Gasteiger partial charge in [0.05, 0.1) is 23.9 Å². The molecule has 2 unspecified atom stereocenters. The summed E-state index contributed by atoms with van der Waals surface area (Å²) in [7, 11) is 0. The molecule has 1 saturated heterocycles. The minimum absolute atomic E-state index is 0.00702. The Labute approximate surface area is 213 Å². The monoisotopic (exact) mass is 490 g/mol. The van der Waals surface area contributed by atoms with Crippen molar-refractivity contribution in [3.05, 3.63) is 34.4 Å². The number of carbonyl (C=O) groups excluding carboxylic acids is 1. The van der Waals surface area contributed by atoms with E-state index in [1.54, 1.807) is 0 Å². The first-order valence-corrected chi connectivity index (χ1v) is 13.5. The summed E-state index contributed by atoms with van der Waals surface area (Å²) in [5.41, 5.74) is 2.63. The molecular formula is C30H50O5. The van der Waals surface area contributed by atoms with Crippen LogP contribution in [0.1, 0.15) is 106 Å².